The van der Waals surface area contributed by atoms with Crippen molar-refractivity contribution in [3.05, 3.63) is 16.1 Å². The topological polar surface area (TPSA) is 78.9 Å². The average Bonchev–Trinajstić information content (AvgIpc) is 2.86. The fraction of sp³-hybridized carbons (Fsp3) is 0.667. The highest BCUT2D eigenvalue weighted by Gasteiger charge is 2.19. The fourth-order valence-corrected chi connectivity index (χ4v) is 2.36. The number of aryl methyl sites for hydroxylation is 1. The molecule has 0 fully saturated rings. The Morgan fingerprint density at radius 1 is 1.43 bits per heavy atom. The number of amides is 1. The van der Waals surface area contributed by atoms with E-state index in [1.165, 1.54) is 9.78 Å². The van der Waals surface area contributed by atoms with Gasteiger partial charge in [0.2, 0.25) is 0 Å². The fourth-order valence-electron chi connectivity index (χ4n) is 1.64. The number of ether oxygens (including phenoxy) is 1. The molecule has 130 valence electrons. The molecule has 0 saturated heterocycles. The molecule has 1 rings (SSSR count). The van der Waals surface area contributed by atoms with Gasteiger partial charge < -0.3 is 20.3 Å². The second-order valence-electron chi connectivity index (χ2n) is 6.12. The number of hydrogen-bond acceptors (Lipinski definition) is 5. The average molecular weight is 341 g/mol. The molecule has 0 aromatic carbocycles. The van der Waals surface area contributed by atoms with Gasteiger partial charge in [-0.1, -0.05) is 0 Å². The van der Waals surface area contributed by atoms with Gasteiger partial charge in [0.05, 0.1) is 6.54 Å². The lowest BCUT2D eigenvalue weighted by molar-refractivity contribution is 0.0302. The van der Waals surface area contributed by atoms with Crippen LogP contribution >= 0.6 is 11.3 Å². The van der Waals surface area contributed by atoms with E-state index in [4.69, 9.17) is 4.74 Å². The van der Waals surface area contributed by atoms with Gasteiger partial charge in [0.25, 0.3) is 0 Å². The maximum absolute atomic E-state index is 11.8. The Morgan fingerprint density at radius 3 is 2.65 bits per heavy atom. The summed E-state index contributed by atoms with van der Waals surface area (Å²) in [6.45, 7) is 9.30. The maximum atomic E-state index is 11.8. The van der Waals surface area contributed by atoms with Gasteiger partial charge in [0.15, 0.2) is 5.96 Å². The molecule has 1 amide bonds. The lowest BCUT2D eigenvalue weighted by atomic mass is 10.2. The number of nitrogens with one attached hydrogen (secondary N) is 2. The molecule has 0 bridgehead atoms. The van der Waals surface area contributed by atoms with E-state index >= 15 is 0 Å². The minimum atomic E-state index is -0.484. The Labute approximate surface area is 142 Å². The van der Waals surface area contributed by atoms with E-state index in [9.17, 15) is 4.79 Å². The molecule has 0 aliphatic heterocycles. The van der Waals surface area contributed by atoms with Gasteiger partial charge in [-0.2, -0.15) is 0 Å². The third kappa shape index (κ3) is 7.83. The minimum absolute atomic E-state index is 0.333. The van der Waals surface area contributed by atoms with Crippen LogP contribution in [-0.4, -0.2) is 54.7 Å². The molecule has 2 N–H and O–H groups in total. The number of nitrogens with zero attached hydrogens (tertiary/aromatic N) is 3. The molecule has 0 saturated carbocycles. The highest BCUT2D eigenvalue weighted by atomic mass is 32.1. The van der Waals surface area contributed by atoms with Gasteiger partial charge in [-0.05, 0) is 27.7 Å². The van der Waals surface area contributed by atoms with Crippen molar-refractivity contribution in [1.29, 1.82) is 0 Å². The SMILES string of the molecule is CN=C(NCCN(C)C(=O)OC(C)(C)C)NCc1ncc(C)s1. The summed E-state index contributed by atoms with van der Waals surface area (Å²) in [6, 6.07) is 0. The van der Waals surface area contributed by atoms with E-state index < -0.39 is 5.60 Å². The third-order valence-corrected chi connectivity index (χ3v) is 3.66. The van der Waals surface area contributed by atoms with E-state index in [-0.39, 0.29) is 6.09 Å². The van der Waals surface area contributed by atoms with Crippen molar-refractivity contribution >= 4 is 23.4 Å². The van der Waals surface area contributed by atoms with Crippen LogP contribution in [0.25, 0.3) is 0 Å². The van der Waals surface area contributed by atoms with Crippen molar-refractivity contribution in [1.82, 2.24) is 20.5 Å². The second-order valence-corrected chi connectivity index (χ2v) is 7.44. The molecule has 0 radical (unpaired) electrons. The van der Waals surface area contributed by atoms with Gasteiger partial charge in [-0.15, -0.1) is 11.3 Å². The zero-order valence-corrected chi connectivity index (χ0v) is 15.6. The van der Waals surface area contributed by atoms with Gasteiger partial charge in [-0.3, -0.25) is 4.99 Å². The van der Waals surface area contributed by atoms with Crippen LogP contribution < -0.4 is 10.6 Å². The number of likely N-dealkylation sites (N-methyl/N-ethyl adjacent to an activating group) is 1. The molecule has 0 spiro atoms. The number of thiazole rings is 1. The summed E-state index contributed by atoms with van der Waals surface area (Å²) in [5.74, 6) is 0.676. The van der Waals surface area contributed by atoms with E-state index in [1.54, 1.807) is 25.4 Å². The number of rotatable bonds is 5. The van der Waals surface area contributed by atoms with E-state index in [2.05, 4.69) is 20.6 Å². The summed E-state index contributed by atoms with van der Waals surface area (Å²) >= 11 is 1.65. The van der Waals surface area contributed by atoms with E-state index in [0.29, 0.717) is 25.6 Å². The van der Waals surface area contributed by atoms with Crippen LogP contribution in [0.15, 0.2) is 11.2 Å². The predicted molar refractivity (Wildman–Crippen MR) is 93.9 cm³/mol. The number of aliphatic imine (C=N–C) groups is 1. The van der Waals surface area contributed by atoms with Crippen LogP contribution in [0.2, 0.25) is 0 Å². The van der Waals surface area contributed by atoms with Crippen LogP contribution in [-0.2, 0) is 11.3 Å². The summed E-state index contributed by atoms with van der Waals surface area (Å²) in [7, 11) is 3.42. The first kappa shape index (κ1) is 19.2. The van der Waals surface area contributed by atoms with Crippen molar-refractivity contribution in [2.24, 2.45) is 4.99 Å². The summed E-state index contributed by atoms with van der Waals surface area (Å²) in [4.78, 5) is 23.0. The number of aromatic nitrogens is 1. The largest absolute Gasteiger partial charge is 0.444 e. The number of carbonyl (C=O) groups is 1. The molecule has 0 aliphatic rings. The number of carbonyl (C=O) groups excluding carboxylic acids is 1. The summed E-state index contributed by atoms with van der Waals surface area (Å²) < 4.78 is 5.30. The zero-order chi connectivity index (χ0) is 17.5. The predicted octanol–water partition coefficient (Wildman–Crippen LogP) is 1.98. The lowest BCUT2D eigenvalue weighted by Crippen LogP contribution is -2.42. The van der Waals surface area contributed by atoms with Crippen molar-refractivity contribution in [2.45, 2.75) is 39.8 Å². The van der Waals surface area contributed by atoms with Gasteiger partial charge in [0.1, 0.15) is 10.6 Å². The third-order valence-electron chi connectivity index (χ3n) is 2.74. The molecule has 23 heavy (non-hydrogen) atoms. The quantitative estimate of drug-likeness (QED) is 0.632. The molecule has 1 heterocycles. The van der Waals surface area contributed by atoms with Gasteiger partial charge >= 0.3 is 6.09 Å². The van der Waals surface area contributed by atoms with Crippen LogP contribution in [0.3, 0.4) is 0 Å². The normalized spacial score (nSPS) is 12.0. The molecular formula is C15H27N5O2S. The Kier molecular flexibility index (Phi) is 7.28. The van der Waals surface area contributed by atoms with Crippen molar-refractivity contribution in [3.63, 3.8) is 0 Å². The molecule has 7 nitrogen and oxygen atoms in total. The zero-order valence-electron chi connectivity index (χ0n) is 14.8. The first-order chi connectivity index (χ1) is 10.7. The molecular weight excluding hydrogens is 314 g/mol. The first-order valence-electron chi connectivity index (χ1n) is 7.51. The smallest absolute Gasteiger partial charge is 0.410 e. The van der Waals surface area contributed by atoms with Gasteiger partial charge in [0, 0.05) is 38.3 Å². The summed E-state index contributed by atoms with van der Waals surface area (Å²) in [5, 5.41) is 7.36. The van der Waals surface area contributed by atoms with Crippen molar-refractivity contribution in [3.8, 4) is 0 Å². The minimum Gasteiger partial charge on any atom is -0.444 e. The number of guanidine groups is 1. The second kappa shape index (κ2) is 8.71. The lowest BCUT2D eigenvalue weighted by Gasteiger charge is -2.24. The molecule has 1 aromatic rings. The standard InChI is InChI=1S/C15H27N5O2S/c1-11-9-18-12(23-11)10-19-13(16-5)17-7-8-20(6)14(21)22-15(2,3)4/h9H,7-8,10H2,1-6H3,(H2,16,17,19). The van der Waals surface area contributed by atoms with E-state index in [0.717, 1.165) is 5.01 Å². The molecule has 0 unspecified atom stereocenters. The van der Waals surface area contributed by atoms with Crippen LogP contribution in [0.1, 0.15) is 30.7 Å². The summed E-state index contributed by atoms with van der Waals surface area (Å²) in [6.07, 6.45) is 1.52. The first-order valence-corrected chi connectivity index (χ1v) is 8.33. The van der Waals surface area contributed by atoms with Crippen LogP contribution in [0.5, 0.6) is 0 Å². The number of hydrogen-bond donors (Lipinski definition) is 2. The Hall–Kier alpha value is -1.83. The Morgan fingerprint density at radius 2 is 2.13 bits per heavy atom. The monoisotopic (exact) mass is 341 g/mol. The molecule has 0 atom stereocenters. The maximum Gasteiger partial charge on any atom is 0.410 e. The summed E-state index contributed by atoms with van der Waals surface area (Å²) in [5.41, 5.74) is -0.484. The molecule has 0 aliphatic carbocycles. The van der Waals surface area contributed by atoms with E-state index in [1.807, 2.05) is 33.9 Å². The molecule has 1 aromatic heterocycles. The van der Waals surface area contributed by atoms with Crippen molar-refractivity contribution < 1.29 is 9.53 Å². The Balaban J connectivity index is 2.30. The highest BCUT2D eigenvalue weighted by Crippen LogP contribution is 2.10. The van der Waals surface area contributed by atoms with Gasteiger partial charge in [-0.25, -0.2) is 9.78 Å². The van der Waals surface area contributed by atoms with Crippen molar-refractivity contribution in [2.75, 3.05) is 27.2 Å². The van der Waals surface area contributed by atoms with Crippen LogP contribution in [0.4, 0.5) is 4.79 Å². The highest BCUT2D eigenvalue weighted by molar-refractivity contribution is 7.11. The van der Waals surface area contributed by atoms with Crippen LogP contribution in [0, 0.1) is 6.92 Å². The molecule has 8 heteroatoms. The Bertz CT molecular complexity index is 536.